The Morgan fingerprint density at radius 1 is 1.79 bits per heavy atom. The summed E-state index contributed by atoms with van der Waals surface area (Å²) in [7, 11) is 1.39. The Hall–Kier alpha value is -1.04. The van der Waals surface area contributed by atoms with Gasteiger partial charge in [0.2, 0.25) is 6.39 Å². The lowest BCUT2D eigenvalue weighted by molar-refractivity contribution is -0.140. The molecule has 78 valence electrons. The third kappa shape index (κ3) is 3.78. The zero-order chi connectivity index (χ0) is 10.4. The summed E-state index contributed by atoms with van der Waals surface area (Å²) >= 11 is 1.59. The fourth-order valence-electron chi connectivity index (χ4n) is 0.850. The van der Waals surface area contributed by atoms with Gasteiger partial charge in [-0.1, -0.05) is 12.1 Å². The summed E-state index contributed by atoms with van der Waals surface area (Å²) in [6, 6.07) is 0. The first kappa shape index (κ1) is 11.0. The highest BCUT2D eigenvalue weighted by atomic mass is 32.2. The van der Waals surface area contributed by atoms with Gasteiger partial charge in [-0.3, -0.25) is 4.79 Å². The van der Waals surface area contributed by atoms with Gasteiger partial charge < -0.3 is 9.26 Å². The highest BCUT2D eigenvalue weighted by molar-refractivity contribution is 7.99. The maximum absolute atomic E-state index is 10.9. The lowest BCUT2D eigenvalue weighted by Gasteiger charge is -2.07. The van der Waals surface area contributed by atoms with E-state index in [1.807, 2.05) is 6.92 Å². The second-order valence-electron chi connectivity index (χ2n) is 2.75. The van der Waals surface area contributed by atoms with Gasteiger partial charge in [-0.2, -0.15) is 4.98 Å². The van der Waals surface area contributed by atoms with Crippen LogP contribution in [-0.2, 0) is 15.3 Å². The fraction of sp³-hybridized carbons (Fsp3) is 0.625. The number of hydrogen-bond acceptors (Lipinski definition) is 6. The lowest BCUT2D eigenvalue weighted by Crippen LogP contribution is -2.08. The predicted octanol–water partition coefficient (Wildman–Crippen LogP) is 1.25. The second-order valence-corrected chi connectivity index (χ2v) is 4.18. The van der Waals surface area contributed by atoms with Crippen LogP contribution in [-0.4, -0.2) is 28.5 Å². The van der Waals surface area contributed by atoms with Gasteiger partial charge in [0.1, 0.15) is 0 Å². The number of carbonyl (C=O) groups is 1. The molecule has 0 aliphatic heterocycles. The van der Waals surface area contributed by atoms with Crippen LogP contribution in [0.4, 0.5) is 0 Å². The predicted molar refractivity (Wildman–Crippen MR) is 51.7 cm³/mol. The summed E-state index contributed by atoms with van der Waals surface area (Å²) in [6.07, 6.45) is 1.69. The van der Waals surface area contributed by atoms with Crippen LogP contribution in [0.25, 0.3) is 0 Å². The van der Waals surface area contributed by atoms with Crippen LogP contribution in [0.1, 0.15) is 19.2 Å². The zero-order valence-corrected chi connectivity index (χ0v) is 8.91. The van der Waals surface area contributed by atoms with Gasteiger partial charge in [0, 0.05) is 5.25 Å². The minimum atomic E-state index is -0.196. The number of thioether (sulfide) groups is 1. The van der Waals surface area contributed by atoms with Crippen molar-refractivity contribution in [2.75, 3.05) is 7.11 Å². The number of carbonyl (C=O) groups excluding carboxylic acids is 1. The SMILES string of the molecule is COC(=O)CC(C)SCc1ncon1. The normalized spacial score (nSPS) is 12.4. The molecule has 0 amide bonds. The van der Waals surface area contributed by atoms with E-state index in [0.717, 1.165) is 0 Å². The van der Waals surface area contributed by atoms with E-state index in [-0.39, 0.29) is 11.2 Å². The zero-order valence-electron chi connectivity index (χ0n) is 8.10. The average molecular weight is 216 g/mol. The van der Waals surface area contributed by atoms with Crippen LogP contribution in [0, 0.1) is 0 Å². The molecule has 0 aromatic carbocycles. The number of methoxy groups -OCH3 is 1. The minimum absolute atomic E-state index is 0.195. The maximum Gasteiger partial charge on any atom is 0.306 e. The number of ether oxygens (including phenoxy) is 1. The highest BCUT2D eigenvalue weighted by Crippen LogP contribution is 2.18. The van der Waals surface area contributed by atoms with Crippen molar-refractivity contribution >= 4 is 17.7 Å². The number of hydrogen-bond donors (Lipinski definition) is 0. The van der Waals surface area contributed by atoms with Crippen molar-refractivity contribution in [3.63, 3.8) is 0 Å². The van der Waals surface area contributed by atoms with Gasteiger partial charge in [-0.15, -0.1) is 11.8 Å². The molecule has 0 spiro atoms. The van der Waals surface area contributed by atoms with E-state index in [1.54, 1.807) is 11.8 Å². The van der Waals surface area contributed by atoms with Gasteiger partial charge in [0.25, 0.3) is 0 Å². The van der Waals surface area contributed by atoms with E-state index >= 15 is 0 Å². The van der Waals surface area contributed by atoms with E-state index in [2.05, 4.69) is 19.4 Å². The third-order valence-electron chi connectivity index (χ3n) is 1.59. The van der Waals surface area contributed by atoms with Crippen molar-refractivity contribution in [2.24, 2.45) is 0 Å². The summed E-state index contributed by atoms with van der Waals surface area (Å²) in [6.45, 7) is 1.96. The van der Waals surface area contributed by atoms with Crippen molar-refractivity contribution in [1.29, 1.82) is 0 Å². The molecule has 0 fully saturated rings. The number of aromatic nitrogens is 2. The van der Waals surface area contributed by atoms with Gasteiger partial charge in [0.15, 0.2) is 5.82 Å². The second kappa shape index (κ2) is 5.64. The lowest BCUT2D eigenvalue weighted by atomic mass is 10.3. The van der Waals surface area contributed by atoms with Crippen LogP contribution in [0.15, 0.2) is 10.9 Å². The van der Waals surface area contributed by atoms with Crippen LogP contribution in [0.2, 0.25) is 0 Å². The summed E-state index contributed by atoms with van der Waals surface area (Å²) in [5, 5.41) is 3.86. The standard InChI is InChI=1S/C8H12N2O3S/c1-6(3-8(11)12-2)14-4-7-9-5-13-10-7/h5-6H,3-4H2,1-2H3. The maximum atomic E-state index is 10.9. The fourth-order valence-corrected chi connectivity index (χ4v) is 1.66. The van der Waals surface area contributed by atoms with Gasteiger partial charge in [-0.05, 0) is 0 Å². The van der Waals surface area contributed by atoms with E-state index in [0.29, 0.717) is 18.0 Å². The minimum Gasteiger partial charge on any atom is -0.469 e. The first-order valence-electron chi connectivity index (χ1n) is 4.16. The molecule has 0 aliphatic rings. The quantitative estimate of drug-likeness (QED) is 0.690. The Morgan fingerprint density at radius 3 is 3.14 bits per heavy atom. The highest BCUT2D eigenvalue weighted by Gasteiger charge is 2.10. The molecule has 14 heavy (non-hydrogen) atoms. The smallest absolute Gasteiger partial charge is 0.306 e. The van der Waals surface area contributed by atoms with Crippen molar-refractivity contribution < 1.29 is 14.1 Å². The van der Waals surface area contributed by atoms with E-state index in [4.69, 9.17) is 0 Å². The molecular weight excluding hydrogens is 204 g/mol. The van der Waals surface area contributed by atoms with Crippen LogP contribution < -0.4 is 0 Å². The molecule has 0 saturated heterocycles. The third-order valence-corrected chi connectivity index (χ3v) is 2.75. The summed E-state index contributed by atoms with van der Waals surface area (Å²) in [5.41, 5.74) is 0. The van der Waals surface area contributed by atoms with Gasteiger partial charge in [0.05, 0.1) is 19.3 Å². The summed E-state index contributed by atoms with van der Waals surface area (Å²) in [4.78, 5) is 14.8. The molecule has 0 aliphatic carbocycles. The molecule has 0 bridgehead atoms. The Morgan fingerprint density at radius 2 is 2.57 bits per heavy atom. The van der Waals surface area contributed by atoms with Crippen molar-refractivity contribution in [3.05, 3.63) is 12.2 Å². The average Bonchev–Trinajstić information content (AvgIpc) is 2.67. The molecule has 5 nitrogen and oxygen atoms in total. The number of esters is 1. The molecule has 1 unspecified atom stereocenters. The Kier molecular flexibility index (Phi) is 4.45. The number of rotatable bonds is 5. The van der Waals surface area contributed by atoms with Crippen molar-refractivity contribution in [1.82, 2.24) is 10.1 Å². The monoisotopic (exact) mass is 216 g/mol. The van der Waals surface area contributed by atoms with E-state index in [9.17, 15) is 4.79 Å². The molecular formula is C8H12N2O3S. The molecule has 6 heteroatoms. The van der Waals surface area contributed by atoms with Gasteiger partial charge >= 0.3 is 5.97 Å². The molecule has 1 rings (SSSR count). The van der Waals surface area contributed by atoms with Crippen molar-refractivity contribution in [2.45, 2.75) is 24.3 Å². The Balaban J connectivity index is 2.21. The molecule has 0 N–H and O–H groups in total. The Bertz CT molecular complexity index is 276. The van der Waals surface area contributed by atoms with E-state index in [1.165, 1.54) is 13.5 Å². The molecule has 0 saturated carbocycles. The first-order chi connectivity index (χ1) is 6.72. The van der Waals surface area contributed by atoms with Crippen LogP contribution >= 0.6 is 11.8 Å². The first-order valence-corrected chi connectivity index (χ1v) is 5.21. The van der Waals surface area contributed by atoms with Crippen LogP contribution in [0.5, 0.6) is 0 Å². The molecule has 1 heterocycles. The topological polar surface area (TPSA) is 65.2 Å². The van der Waals surface area contributed by atoms with Gasteiger partial charge in [-0.25, -0.2) is 0 Å². The van der Waals surface area contributed by atoms with Crippen LogP contribution in [0.3, 0.4) is 0 Å². The summed E-state index contributed by atoms with van der Waals surface area (Å²) < 4.78 is 9.14. The molecule has 0 radical (unpaired) electrons. The molecule has 1 atom stereocenters. The van der Waals surface area contributed by atoms with Crippen molar-refractivity contribution in [3.8, 4) is 0 Å². The Labute approximate surface area is 86.2 Å². The van der Waals surface area contributed by atoms with E-state index < -0.39 is 0 Å². The summed E-state index contributed by atoms with van der Waals surface area (Å²) in [5.74, 6) is 1.10. The largest absolute Gasteiger partial charge is 0.469 e. The number of nitrogens with zero attached hydrogens (tertiary/aromatic N) is 2. The molecule has 1 aromatic heterocycles. The molecule has 1 aromatic rings.